The summed E-state index contributed by atoms with van der Waals surface area (Å²) >= 11 is 6.16. The normalized spacial score (nSPS) is 20.9. The first kappa shape index (κ1) is 35.0. The Hall–Kier alpha value is -3.29. The summed E-state index contributed by atoms with van der Waals surface area (Å²) in [7, 11) is -4.12. The quantitative estimate of drug-likeness (QED) is 0.227. The molecular formula is C34H41ClF2N4O5S. The molecule has 2 heterocycles. The minimum atomic E-state index is -4.12. The second kappa shape index (κ2) is 15.3. The first-order valence-corrected chi connectivity index (χ1v) is 17.6. The van der Waals surface area contributed by atoms with Gasteiger partial charge in [0, 0.05) is 73.2 Å². The smallest absolute Gasteiger partial charge is 0.407 e. The Labute approximate surface area is 279 Å². The van der Waals surface area contributed by atoms with E-state index >= 15 is 4.39 Å². The fraction of sp³-hybridized carbons (Fsp3) is 0.441. The molecule has 0 saturated carbocycles. The van der Waals surface area contributed by atoms with Crippen molar-refractivity contribution in [3.63, 3.8) is 0 Å². The number of ether oxygens (including phenoxy) is 1. The van der Waals surface area contributed by atoms with Gasteiger partial charge in [-0.05, 0) is 92.6 Å². The third-order valence-electron chi connectivity index (χ3n) is 9.23. The number of piperazine rings is 1. The van der Waals surface area contributed by atoms with Crippen LogP contribution in [0.4, 0.5) is 19.3 Å². The van der Waals surface area contributed by atoms with E-state index in [1.165, 1.54) is 27.4 Å². The maximum atomic E-state index is 15.4. The fourth-order valence-electron chi connectivity index (χ4n) is 6.98. The Balaban J connectivity index is 1.36. The Kier molecular flexibility index (Phi) is 11.4. The van der Waals surface area contributed by atoms with Crippen molar-refractivity contribution in [3.8, 4) is 0 Å². The summed E-state index contributed by atoms with van der Waals surface area (Å²) in [6.07, 6.45) is 0.854. The van der Waals surface area contributed by atoms with Crippen LogP contribution in [0.5, 0.6) is 0 Å². The van der Waals surface area contributed by atoms with Crippen molar-refractivity contribution >= 4 is 33.4 Å². The summed E-state index contributed by atoms with van der Waals surface area (Å²) in [6, 6.07) is 15.1. The molecule has 0 bridgehead atoms. The topological polar surface area (TPSA) is 125 Å². The van der Waals surface area contributed by atoms with Gasteiger partial charge in [0.2, 0.25) is 10.0 Å². The number of hydrogen-bond donors (Lipinski definition) is 3. The van der Waals surface area contributed by atoms with Crippen molar-refractivity contribution in [2.24, 2.45) is 11.7 Å². The average molecular weight is 691 g/mol. The molecule has 2 aliphatic heterocycles. The zero-order valence-corrected chi connectivity index (χ0v) is 27.8. The maximum Gasteiger partial charge on any atom is 0.407 e. The molecule has 1 amide bonds. The maximum absolute atomic E-state index is 15.4. The standard InChI is InChI=1S/C34H41ClF2N4O5S/c1-22-20-40(34(42)43)21-27(41(22)47(44,45)28-12-9-26(36)10-13-28)11-14-29-30(37)3-2-4-32(29)39-19-31(38)33(24-15-17-46-18-16-24)23-5-7-25(35)8-6-23/h2-10,12-13,22,24,27,31,33,39H,11,14-21,38H2,1H3,(H,42,43)/t22?,27?,31-,33+/m1/s1. The van der Waals surface area contributed by atoms with Gasteiger partial charge in [-0.15, -0.1) is 0 Å². The van der Waals surface area contributed by atoms with Crippen LogP contribution in [0.25, 0.3) is 0 Å². The Morgan fingerprint density at radius 1 is 1.06 bits per heavy atom. The highest BCUT2D eigenvalue weighted by Gasteiger charge is 2.42. The van der Waals surface area contributed by atoms with Crippen molar-refractivity contribution in [1.82, 2.24) is 9.21 Å². The first-order valence-electron chi connectivity index (χ1n) is 15.8. The van der Waals surface area contributed by atoms with Crippen molar-refractivity contribution in [2.75, 3.05) is 38.2 Å². The number of amides is 1. The van der Waals surface area contributed by atoms with Gasteiger partial charge in [-0.1, -0.05) is 29.8 Å². The van der Waals surface area contributed by atoms with Crippen molar-refractivity contribution in [1.29, 1.82) is 0 Å². The van der Waals surface area contributed by atoms with E-state index in [-0.39, 0.29) is 42.8 Å². The minimum Gasteiger partial charge on any atom is -0.465 e. The third kappa shape index (κ3) is 8.24. The van der Waals surface area contributed by atoms with Crippen LogP contribution in [0.3, 0.4) is 0 Å². The van der Waals surface area contributed by atoms with Gasteiger partial charge in [0.05, 0.1) is 4.90 Å². The lowest BCUT2D eigenvalue weighted by Crippen LogP contribution is -2.60. The van der Waals surface area contributed by atoms with Crippen LogP contribution in [0.1, 0.15) is 43.2 Å². The van der Waals surface area contributed by atoms with Gasteiger partial charge < -0.3 is 25.8 Å². The van der Waals surface area contributed by atoms with E-state index in [0.29, 0.717) is 41.9 Å². The molecule has 3 aromatic rings. The van der Waals surface area contributed by atoms with Crippen LogP contribution in [0.15, 0.2) is 71.6 Å². The molecule has 254 valence electrons. The number of sulfonamides is 1. The molecule has 2 aliphatic rings. The lowest BCUT2D eigenvalue weighted by Gasteiger charge is -2.43. The van der Waals surface area contributed by atoms with E-state index in [0.717, 1.165) is 30.5 Å². The molecule has 2 unspecified atom stereocenters. The second-order valence-corrected chi connectivity index (χ2v) is 14.6. The number of carboxylic acid groups (broad SMARTS) is 1. The Morgan fingerprint density at radius 2 is 1.74 bits per heavy atom. The van der Waals surface area contributed by atoms with E-state index < -0.39 is 39.8 Å². The highest BCUT2D eigenvalue weighted by Crippen LogP contribution is 2.35. The molecule has 47 heavy (non-hydrogen) atoms. The summed E-state index contributed by atoms with van der Waals surface area (Å²) < 4.78 is 63.5. The largest absolute Gasteiger partial charge is 0.465 e. The number of anilines is 1. The number of nitrogens with zero attached hydrogens (tertiary/aromatic N) is 2. The number of rotatable bonds is 11. The van der Waals surface area contributed by atoms with E-state index in [2.05, 4.69) is 5.32 Å². The Bertz CT molecular complexity index is 1620. The van der Waals surface area contributed by atoms with Gasteiger partial charge in [-0.25, -0.2) is 22.0 Å². The summed E-state index contributed by atoms with van der Waals surface area (Å²) in [6.45, 7) is 3.19. The number of nitrogens with one attached hydrogen (secondary N) is 1. The second-order valence-electron chi connectivity index (χ2n) is 12.4. The number of halogens is 3. The molecule has 0 aromatic heterocycles. The molecule has 2 saturated heterocycles. The molecule has 0 aliphatic carbocycles. The lowest BCUT2D eigenvalue weighted by atomic mass is 9.77. The highest BCUT2D eigenvalue weighted by molar-refractivity contribution is 7.89. The lowest BCUT2D eigenvalue weighted by molar-refractivity contribution is 0.0551. The van der Waals surface area contributed by atoms with Crippen molar-refractivity contribution in [2.45, 2.75) is 61.5 Å². The summed E-state index contributed by atoms with van der Waals surface area (Å²) in [5, 5.41) is 13.8. The molecular weight excluding hydrogens is 650 g/mol. The van der Waals surface area contributed by atoms with E-state index in [1.807, 2.05) is 24.3 Å². The highest BCUT2D eigenvalue weighted by atomic mass is 35.5. The first-order chi connectivity index (χ1) is 22.5. The molecule has 4 N–H and O–H groups in total. The molecule has 3 aromatic carbocycles. The van der Waals surface area contributed by atoms with E-state index in [9.17, 15) is 22.7 Å². The van der Waals surface area contributed by atoms with Crippen LogP contribution in [0.2, 0.25) is 5.02 Å². The summed E-state index contributed by atoms with van der Waals surface area (Å²) in [4.78, 5) is 13.0. The summed E-state index contributed by atoms with van der Waals surface area (Å²) in [5.74, 6) is -0.727. The number of nitrogens with two attached hydrogens (primary N) is 1. The zero-order chi connectivity index (χ0) is 33.7. The fourth-order valence-corrected chi connectivity index (χ4v) is 8.93. The van der Waals surface area contributed by atoms with Gasteiger partial charge in [-0.2, -0.15) is 4.31 Å². The zero-order valence-electron chi connectivity index (χ0n) is 26.2. The van der Waals surface area contributed by atoms with Crippen molar-refractivity contribution < 1.29 is 31.8 Å². The monoisotopic (exact) mass is 690 g/mol. The minimum absolute atomic E-state index is 0.0108. The van der Waals surface area contributed by atoms with Crippen LogP contribution in [0, 0.1) is 17.6 Å². The van der Waals surface area contributed by atoms with Crippen LogP contribution in [-0.4, -0.2) is 79.8 Å². The average Bonchev–Trinajstić information content (AvgIpc) is 3.04. The predicted octanol–water partition coefficient (Wildman–Crippen LogP) is 5.94. The van der Waals surface area contributed by atoms with Crippen molar-refractivity contribution in [3.05, 3.63) is 94.5 Å². The van der Waals surface area contributed by atoms with Crippen LogP contribution >= 0.6 is 11.6 Å². The van der Waals surface area contributed by atoms with Gasteiger partial charge in [0.25, 0.3) is 0 Å². The third-order valence-corrected chi connectivity index (χ3v) is 11.6. The number of carbonyl (C=O) groups is 1. The van der Waals surface area contributed by atoms with E-state index in [1.54, 1.807) is 19.1 Å². The van der Waals surface area contributed by atoms with Gasteiger partial charge in [0.1, 0.15) is 11.6 Å². The molecule has 13 heteroatoms. The van der Waals surface area contributed by atoms with Crippen LogP contribution < -0.4 is 11.1 Å². The molecule has 4 atom stereocenters. The Morgan fingerprint density at radius 3 is 2.40 bits per heavy atom. The molecule has 9 nitrogen and oxygen atoms in total. The van der Waals surface area contributed by atoms with Crippen LogP contribution in [-0.2, 0) is 21.2 Å². The molecule has 2 fully saturated rings. The van der Waals surface area contributed by atoms with Gasteiger partial charge in [0.15, 0.2) is 0 Å². The number of benzene rings is 3. The predicted molar refractivity (Wildman–Crippen MR) is 177 cm³/mol. The molecule has 0 radical (unpaired) electrons. The van der Waals surface area contributed by atoms with Gasteiger partial charge in [-0.3, -0.25) is 0 Å². The molecule has 0 spiro atoms. The number of hydrogen-bond acceptors (Lipinski definition) is 6. The van der Waals surface area contributed by atoms with Gasteiger partial charge >= 0.3 is 6.09 Å². The molecule has 5 rings (SSSR count). The summed E-state index contributed by atoms with van der Waals surface area (Å²) in [5.41, 5.74) is 8.81. The SMILES string of the molecule is CC1CN(C(=O)O)CC(CCc2c(F)cccc2NC[C@@H](N)[C@@H](c2ccc(Cl)cc2)C2CCOCC2)N1S(=O)(=O)c1ccc(F)cc1. The van der Waals surface area contributed by atoms with E-state index in [4.69, 9.17) is 22.1 Å².